The van der Waals surface area contributed by atoms with Crippen LogP contribution in [0.1, 0.15) is 22.8 Å². The van der Waals surface area contributed by atoms with Gasteiger partial charge < -0.3 is 11.1 Å². The smallest absolute Gasteiger partial charge is 0.251 e. The minimum atomic E-state index is -1.21. The zero-order valence-corrected chi connectivity index (χ0v) is 16.9. The maximum atomic E-state index is 12.1. The molecule has 2 aromatic carbocycles. The largest absolute Gasteiger partial charge is 0.383 e. The summed E-state index contributed by atoms with van der Waals surface area (Å²) in [6.45, 7) is 3.20. The van der Waals surface area contributed by atoms with Crippen LogP contribution in [0.15, 0.2) is 59.6 Å². The SMILES string of the molecule is CCNS(=O)c1ccc(-c2cnc(N)c(-c3ccc4c(c3)CCNC4=O)c2)cc1. The van der Waals surface area contributed by atoms with Crippen LogP contribution in [0.3, 0.4) is 0 Å². The second-order valence-electron chi connectivity index (χ2n) is 6.83. The average Bonchev–Trinajstić information content (AvgIpc) is 2.74. The van der Waals surface area contributed by atoms with Gasteiger partial charge in [-0.15, -0.1) is 0 Å². The lowest BCUT2D eigenvalue weighted by Crippen LogP contribution is -2.31. The van der Waals surface area contributed by atoms with Crippen molar-refractivity contribution in [3.63, 3.8) is 0 Å². The lowest BCUT2D eigenvalue weighted by Gasteiger charge is -2.18. The van der Waals surface area contributed by atoms with Gasteiger partial charge in [0.25, 0.3) is 5.91 Å². The number of hydrogen-bond donors (Lipinski definition) is 3. The number of amides is 1. The highest BCUT2D eigenvalue weighted by atomic mass is 32.2. The van der Waals surface area contributed by atoms with Gasteiger partial charge >= 0.3 is 0 Å². The van der Waals surface area contributed by atoms with E-state index < -0.39 is 11.0 Å². The summed E-state index contributed by atoms with van der Waals surface area (Å²) in [5.41, 5.74) is 11.6. The molecule has 7 heteroatoms. The molecule has 1 unspecified atom stereocenters. The van der Waals surface area contributed by atoms with Crippen LogP contribution >= 0.6 is 0 Å². The molecule has 29 heavy (non-hydrogen) atoms. The first-order valence-corrected chi connectivity index (χ1v) is 10.6. The molecule has 1 amide bonds. The fraction of sp³-hybridized carbons (Fsp3) is 0.182. The van der Waals surface area contributed by atoms with Crippen molar-refractivity contribution in [3.8, 4) is 22.3 Å². The normalized spacial score (nSPS) is 14.2. The molecule has 2 heterocycles. The second-order valence-corrected chi connectivity index (χ2v) is 8.12. The Kier molecular flexibility index (Phi) is 5.42. The van der Waals surface area contributed by atoms with Gasteiger partial charge in [0.2, 0.25) is 0 Å². The van der Waals surface area contributed by atoms with Gasteiger partial charge in [0.05, 0.1) is 4.90 Å². The third-order valence-corrected chi connectivity index (χ3v) is 6.19. The van der Waals surface area contributed by atoms with Crippen molar-refractivity contribution in [2.45, 2.75) is 18.2 Å². The number of fused-ring (bicyclic) bond motifs is 1. The number of nitrogens with zero attached hydrogens (tertiary/aromatic N) is 1. The molecule has 6 nitrogen and oxygen atoms in total. The van der Waals surface area contributed by atoms with Crippen LogP contribution in [0.4, 0.5) is 5.82 Å². The van der Waals surface area contributed by atoms with Crippen LogP contribution in [0, 0.1) is 0 Å². The quantitative estimate of drug-likeness (QED) is 0.607. The van der Waals surface area contributed by atoms with Gasteiger partial charge in [-0.2, -0.15) is 0 Å². The Balaban J connectivity index is 1.68. The molecule has 148 valence electrons. The third kappa shape index (κ3) is 3.92. The van der Waals surface area contributed by atoms with Gasteiger partial charge in [0.15, 0.2) is 0 Å². The summed E-state index contributed by atoms with van der Waals surface area (Å²) in [6.07, 6.45) is 2.54. The molecule has 4 N–H and O–H groups in total. The van der Waals surface area contributed by atoms with Crippen molar-refractivity contribution in [1.82, 2.24) is 15.0 Å². The lowest BCUT2D eigenvalue weighted by atomic mass is 9.94. The standard InChI is InChI=1S/C22H22N4O2S/c1-2-26-29(28)18-6-3-14(4-7-18)17-12-20(21(23)25-13-17)15-5-8-19-16(11-15)9-10-24-22(19)27/h3-8,11-13,26H,2,9-10H2,1H3,(H2,23,25)(H,24,27). The van der Waals surface area contributed by atoms with Gasteiger partial charge in [-0.05, 0) is 47.4 Å². The van der Waals surface area contributed by atoms with E-state index in [1.807, 2.05) is 55.5 Å². The van der Waals surface area contributed by atoms with E-state index in [1.54, 1.807) is 6.20 Å². The molecule has 0 fully saturated rings. The zero-order valence-electron chi connectivity index (χ0n) is 16.1. The summed E-state index contributed by atoms with van der Waals surface area (Å²) in [5.74, 6) is 0.409. The molecule has 1 aromatic heterocycles. The summed E-state index contributed by atoms with van der Waals surface area (Å²) in [6, 6.07) is 15.3. The van der Waals surface area contributed by atoms with Crippen molar-refractivity contribution in [3.05, 3.63) is 65.9 Å². The highest BCUT2D eigenvalue weighted by Crippen LogP contribution is 2.31. The first kappa shape index (κ1) is 19.3. The topological polar surface area (TPSA) is 97.1 Å². The number of anilines is 1. The van der Waals surface area contributed by atoms with Crippen LogP contribution in [0.5, 0.6) is 0 Å². The molecule has 1 aliphatic rings. The molecule has 0 radical (unpaired) electrons. The van der Waals surface area contributed by atoms with E-state index in [1.165, 1.54) is 0 Å². The van der Waals surface area contributed by atoms with E-state index in [-0.39, 0.29) is 5.91 Å². The van der Waals surface area contributed by atoms with Gasteiger partial charge in [0, 0.05) is 36.0 Å². The van der Waals surface area contributed by atoms with Crippen LogP contribution in [-0.4, -0.2) is 28.2 Å². The first-order chi connectivity index (χ1) is 14.1. The maximum absolute atomic E-state index is 12.1. The Morgan fingerprint density at radius 3 is 2.59 bits per heavy atom. The predicted octanol–water partition coefficient (Wildman–Crippen LogP) is 2.92. The van der Waals surface area contributed by atoms with Gasteiger partial charge in [0.1, 0.15) is 16.8 Å². The van der Waals surface area contributed by atoms with Crippen LogP contribution in [-0.2, 0) is 17.4 Å². The Labute approximate surface area is 172 Å². The van der Waals surface area contributed by atoms with Crippen LogP contribution < -0.4 is 15.8 Å². The number of nitrogens with one attached hydrogen (secondary N) is 2. The number of benzene rings is 2. The minimum Gasteiger partial charge on any atom is -0.383 e. The lowest BCUT2D eigenvalue weighted by molar-refractivity contribution is 0.0946. The summed E-state index contributed by atoms with van der Waals surface area (Å²) in [7, 11) is -1.21. The Morgan fingerprint density at radius 2 is 1.83 bits per heavy atom. The third-order valence-electron chi connectivity index (χ3n) is 4.94. The molecule has 1 atom stereocenters. The molecule has 4 rings (SSSR count). The van der Waals surface area contributed by atoms with E-state index in [2.05, 4.69) is 15.0 Å². The summed E-state index contributed by atoms with van der Waals surface area (Å²) >= 11 is 0. The van der Waals surface area contributed by atoms with Crippen molar-refractivity contribution < 1.29 is 9.00 Å². The highest BCUT2D eigenvalue weighted by Gasteiger charge is 2.18. The number of nitrogen functional groups attached to an aromatic ring is 1. The van der Waals surface area contributed by atoms with Crippen molar-refractivity contribution in [1.29, 1.82) is 0 Å². The highest BCUT2D eigenvalue weighted by molar-refractivity contribution is 7.83. The number of pyridine rings is 1. The Hall–Kier alpha value is -3.03. The predicted molar refractivity (Wildman–Crippen MR) is 116 cm³/mol. The minimum absolute atomic E-state index is 0.0345. The summed E-state index contributed by atoms with van der Waals surface area (Å²) in [5, 5.41) is 2.86. The Bertz CT molecular complexity index is 1100. The zero-order chi connectivity index (χ0) is 20.4. The molecular formula is C22H22N4O2S. The van der Waals surface area contributed by atoms with Crippen molar-refractivity contribution in [2.24, 2.45) is 0 Å². The van der Waals surface area contributed by atoms with E-state index in [9.17, 15) is 9.00 Å². The van der Waals surface area contributed by atoms with Crippen LogP contribution in [0.25, 0.3) is 22.3 Å². The second kappa shape index (κ2) is 8.14. The molecule has 0 spiro atoms. The van der Waals surface area contributed by atoms with Gasteiger partial charge in [-0.3, -0.25) is 4.79 Å². The fourth-order valence-electron chi connectivity index (χ4n) is 3.45. The molecule has 0 saturated heterocycles. The van der Waals surface area contributed by atoms with E-state index in [0.717, 1.165) is 39.1 Å². The van der Waals surface area contributed by atoms with Crippen molar-refractivity contribution in [2.75, 3.05) is 18.8 Å². The van der Waals surface area contributed by atoms with Crippen molar-refractivity contribution >= 4 is 22.7 Å². The van der Waals surface area contributed by atoms with E-state index in [4.69, 9.17) is 5.73 Å². The number of carbonyl (C=O) groups excluding carboxylic acids is 1. The van der Waals surface area contributed by atoms with Crippen LogP contribution in [0.2, 0.25) is 0 Å². The number of aromatic nitrogens is 1. The molecule has 1 aliphatic heterocycles. The van der Waals surface area contributed by atoms with E-state index >= 15 is 0 Å². The fourth-order valence-corrected chi connectivity index (χ4v) is 4.26. The molecular weight excluding hydrogens is 384 g/mol. The molecule has 0 aliphatic carbocycles. The number of nitrogens with two attached hydrogens (primary N) is 1. The number of carbonyl (C=O) groups is 1. The summed E-state index contributed by atoms with van der Waals surface area (Å²) in [4.78, 5) is 17.1. The molecule has 0 bridgehead atoms. The average molecular weight is 407 g/mol. The molecule has 3 aromatic rings. The summed E-state index contributed by atoms with van der Waals surface area (Å²) < 4.78 is 15.0. The van der Waals surface area contributed by atoms with E-state index in [0.29, 0.717) is 24.5 Å². The van der Waals surface area contributed by atoms with Gasteiger partial charge in [-0.25, -0.2) is 13.9 Å². The maximum Gasteiger partial charge on any atom is 0.251 e. The number of rotatable bonds is 5. The van der Waals surface area contributed by atoms with Gasteiger partial charge in [-0.1, -0.05) is 31.2 Å². The molecule has 0 saturated carbocycles. The Morgan fingerprint density at radius 1 is 1.07 bits per heavy atom. The number of hydrogen-bond acceptors (Lipinski definition) is 4. The first-order valence-electron chi connectivity index (χ1n) is 9.49. The monoisotopic (exact) mass is 406 g/mol.